The second-order valence-corrected chi connectivity index (χ2v) is 7.95. The van der Waals surface area contributed by atoms with Crippen LogP contribution in [-0.2, 0) is 9.59 Å². The van der Waals surface area contributed by atoms with E-state index in [4.69, 9.17) is 0 Å². The summed E-state index contributed by atoms with van der Waals surface area (Å²) in [5.41, 5.74) is 0. The quantitative estimate of drug-likeness (QED) is 0.773. The maximum atomic E-state index is 12.9. The van der Waals surface area contributed by atoms with Gasteiger partial charge in [0.2, 0.25) is 11.8 Å². The van der Waals surface area contributed by atoms with Crippen LogP contribution in [0.1, 0.15) is 25.7 Å². The number of hydrogen-bond acceptors (Lipinski definition) is 4. The highest BCUT2D eigenvalue weighted by atomic mass is 32.2. The summed E-state index contributed by atoms with van der Waals surface area (Å²) in [4.78, 5) is 31.0. The smallest absolute Gasteiger partial charge is 0.228 e. The number of thioether (sulfide) groups is 1. The fourth-order valence-electron chi connectivity index (χ4n) is 3.80. The average molecular weight is 325 g/mol. The van der Waals surface area contributed by atoms with Crippen molar-refractivity contribution in [3.63, 3.8) is 0 Å². The SMILES string of the molecule is CN1CC(C(=O)N2CCCSCC2CN2CCCC2)CC1=O. The highest BCUT2D eigenvalue weighted by Crippen LogP contribution is 2.24. The van der Waals surface area contributed by atoms with Gasteiger partial charge in [0, 0.05) is 38.9 Å². The van der Waals surface area contributed by atoms with Crippen LogP contribution in [0.2, 0.25) is 0 Å². The lowest BCUT2D eigenvalue weighted by atomic mass is 10.1. The third-order valence-corrected chi connectivity index (χ3v) is 6.28. The molecule has 0 N–H and O–H groups in total. The van der Waals surface area contributed by atoms with Crippen molar-refractivity contribution in [1.29, 1.82) is 0 Å². The minimum absolute atomic E-state index is 0.110. The first-order valence-corrected chi connectivity index (χ1v) is 9.65. The molecule has 0 aromatic carbocycles. The van der Waals surface area contributed by atoms with Crippen LogP contribution in [0.15, 0.2) is 0 Å². The van der Waals surface area contributed by atoms with Crippen molar-refractivity contribution in [3.8, 4) is 0 Å². The molecule has 6 heteroatoms. The topological polar surface area (TPSA) is 43.9 Å². The summed E-state index contributed by atoms with van der Waals surface area (Å²) < 4.78 is 0. The number of amides is 2. The zero-order valence-electron chi connectivity index (χ0n) is 13.5. The van der Waals surface area contributed by atoms with Gasteiger partial charge in [-0.25, -0.2) is 0 Å². The minimum Gasteiger partial charge on any atom is -0.345 e. The Balaban J connectivity index is 1.66. The molecule has 2 unspecified atom stereocenters. The number of hydrogen-bond donors (Lipinski definition) is 0. The molecule has 3 saturated heterocycles. The fourth-order valence-corrected chi connectivity index (χ4v) is 4.85. The Morgan fingerprint density at radius 2 is 2.00 bits per heavy atom. The molecule has 0 aliphatic carbocycles. The lowest BCUT2D eigenvalue weighted by Crippen LogP contribution is -2.49. The minimum atomic E-state index is -0.123. The van der Waals surface area contributed by atoms with Crippen LogP contribution in [0, 0.1) is 5.92 Å². The Labute approximate surface area is 137 Å². The van der Waals surface area contributed by atoms with Gasteiger partial charge in [0.05, 0.1) is 12.0 Å². The van der Waals surface area contributed by atoms with E-state index in [-0.39, 0.29) is 17.7 Å². The third kappa shape index (κ3) is 3.59. The van der Waals surface area contributed by atoms with Gasteiger partial charge in [0.1, 0.15) is 0 Å². The predicted octanol–water partition coefficient (Wildman–Crippen LogP) is 0.895. The number of carbonyl (C=O) groups excluding carboxylic acids is 2. The van der Waals surface area contributed by atoms with E-state index in [1.165, 1.54) is 25.9 Å². The summed E-state index contributed by atoms with van der Waals surface area (Å²) in [5.74, 6) is 2.38. The van der Waals surface area contributed by atoms with E-state index in [0.717, 1.165) is 31.0 Å². The zero-order valence-corrected chi connectivity index (χ0v) is 14.3. The number of carbonyl (C=O) groups is 2. The van der Waals surface area contributed by atoms with Crippen LogP contribution in [0.4, 0.5) is 0 Å². The number of nitrogens with zero attached hydrogens (tertiary/aromatic N) is 3. The van der Waals surface area contributed by atoms with Crippen molar-refractivity contribution in [2.24, 2.45) is 5.92 Å². The van der Waals surface area contributed by atoms with Crippen molar-refractivity contribution < 1.29 is 9.59 Å². The first-order chi connectivity index (χ1) is 10.6. The van der Waals surface area contributed by atoms with Gasteiger partial charge in [-0.15, -0.1) is 0 Å². The highest BCUT2D eigenvalue weighted by molar-refractivity contribution is 7.99. The molecule has 2 amide bonds. The van der Waals surface area contributed by atoms with Crippen molar-refractivity contribution in [2.75, 3.05) is 51.3 Å². The summed E-state index contributed by atoms with van der Waals surface area (Å²) in [6, 6.07) is 0.319. The van der Waals surface area contributed by atoms with Crippen LogP contribution in [-0.4, -0.2) is 83.8 Å². The van der Waals surface area contributed by atoms with E-state index in [1.54, 1.807) is 11.9 Å². The van der Waals surface area contributed by atoms with E-state index in [1.807, 2.05) is 11.8 Å². The predicted molar refractivity (Wildman–Crippen MR) is 88.9 cm³/mol. The van der Waals surface area contributed by atoms with Gasteiger partial charge < -0.3 is 14.7 Å². The maximum Gasteiger partial charge on any atom is 0.228 e. The maximum absolute atomic E-state index is 12.9. The van der Waals surface area contributed by atoms with Gasteiger partial charge in [0.15, 0.2) is 0 Å². The van der Waals surface area contributed by atoms with Crippen molar-refractivity contribution in [2.45, 2.75) is 31.7 Å². The molecule has 5 nitrogen and oxygen atoms in total. The molecule has 22 heavy (non-hydrogen) atoms. The second kappa shape index (κ2) is 7.21. The van der Waals surface area contributed by atoms with Gasteiger partial charge in [-0.2, -0.15) is 11.8 Å². The Morgan fingerprint density at radius 1 is 1.23 bits per heavy atom. The van der Waals surface area contributed by atoms with E-state index >= 15 is 0 Å². The molecular formula is C16H27N3O2S. The van der Waals surface area contributed by atoms with Gasteiger partial charge in [-0.3, -0.25) is 9.59 Å². The summed E-state index contributed by atoms with van der Waals surface area (Å²) in [6.07, 6.45) is 4.05. The molecule has 3 rings (SSSR count). The Hall–Kier alpha value is -0.750. The van der Waals surface area contributed by atoms with Crippen LogP contribution in [0.5, 0.6) is 0 Å². The Kier molecular flexibility index (Phi) is 5.29. The molecule has 0 aromatic heterocycles. The molecule has 0 bridgehead atoms. The first kappa shape index (κ1) is 16.1. The highest BCUT2D eigenvalue weighted by Gasteiger charge is 2.37. The molecule has 3 aliphatic heterocycles. The van der Waals surface area contributed by atoms with E-state index in [9.17, 15) is 9.59 Å². The lowest BCUT2D eigenvalue weighted by molar-refractivity contribution is -0.138. The monoisotopic (exact) mass is 325 g/mol. The van der Waals surface area contributed by atoms with Crippen molar-refractivity contribution in [1.82, 2.24) is 14.7 Å². The third-order valence-electron chi connectivity index (χ3n) is 5.08. The second-order valence-electron chi connectivity index (χ2n) is 6.80. The largest absolute Gasteiger partial charge is 0.345 e. The molecule has 3 aliphatic rings. The molecule has 3 fully saturated rings. The van der Waals surface area contributed by atoms with Crippen LogP contribution in [0.25, 0.3) is 0 Å². The molecule has 3 heterocycles. The van der Waals surface area contributed by atoms with E-state index in [2.05, 4.69) is 9.80 Å². The standard InChI is InChI=1S/C16H27N3O2S/c1-17-10-13(9-15(17)20)16(21)19-7-4-8-22-12-14(19)11-18-5-2-3-6-18/h13-14H,2-12H2,1H3. The molecule has 0 radical (unpaired) electrons. The van der Waals surface area contributed by atoms with Gasteiger partial charge in [0.25, 0.3) is 0 Å². The molecule has 0 aromatic rings. The van der Waals surface area contributed by atoms with Crippen LogP contribution < -0.4 is 0 Å². The van der Waals surface area contributed by atoms with Gasteiger partial charge in [-0.1, -0.05) is 0 Å². The molecule has 124 valence electrons. The number of rotatable bonds is 3. The summed E-state index contributed by atoms with van der Waals surface area (Å²) in [6.45, 7) is 4.81. The molecule has 0 saturated carbocycles. The van der Waals surface area contributed by atoms with Crippen LogP contribution >= 0.6 is 11.8 Å². The lowest BCUT2D eigenvalue weighted by Gasteiger charge is -2.34. The van der Waals surface area contributed by atoms with Crippen molar-refractivity contribution in [3.05, 3.63) is 0 Å². The fraction of sp³-hybridized carbons (Fsp3) is 0.875. The molecule has 0 spiro atoms. The normalized spacial score (nSPS) is 30.9. The molecule has 2 atom stereocenters. The van der Waals surface area contributed by atoms with Crippen molar-refractivity contribution >= 4 is 23.6 Å². The Morgan fingerprint density at radius 3 is 2.68 bits per heavy atom. The first-order valence-electron chi connectivity index (χ1n) is 8.49. The summed E-state index contributed by atoms with van der Waals surface area (Å²) in [7, 11) is 1.80. The van der Waals surface area contributed by atoms with E-state index < -0.39 is 0 Å². The van der Waals surface area contributed by atoms with Gasteiger partial charge >= 0.3 is 0 Å². The number of likely N-dealkylation sites (tertiary alicyclic amines) is 2. The summed E-state index contributed by atoms with van der Waals surface area (Å²) >= 11 is 1.97. The summed E-state index contributed by atoms with van der Waals surface area (Å²) in [5, 5.41) is 0. The Bertz CT molecular complexity index is 426. The van der Waals surface area contributed by atoms with Crippen LogP contribution in [0.3, 0.4) is 0 Å². The zero-order chi connectivity index (χ0) is 15.5. The molecular weight excluding hydrogens is 298 g/mol. The van der Waals surface area contributed by atoms with Gasteiger partial charge in [-0.05, 0) is 38.1 Å². The van der Waals surface area contributed by atoms with E-state index in [0.29, 0.717) is 19.0 Å². The average Bonchev–Trinajstić information content (AvgIpc) is 3.05.